The molecule has 1 amide bonds. The third kappa shape index (κ3) is 5.92. The standard InChI is InChI=1S/C25H25ClN2O5S2/c1-17-9-10-20(16-21(17)26)27-24(29)23(18-6-3-2-4-7-18)33-25(30)19-11-13-28(14-12-19)35(31,32)22-8-5-15-34-22/h2-10,15-16,19,23H,11-14H2,1H3,(H,27,29)/t23-/m0/s1. The van der Waals surface area contributed by atoms with Crippen LogP contribution in [0.2, 0.25) is 5.02 Å². The molecule has 2 aromatic carbocycles. The number of sulfonamides is 1. The van der Waals surface area contributed by atoms with Crippen molar-refractivity contribution >= 4 is 50.5 Å². The molecule has 0 spiro atoms. The minimum Gasteiger partial charge on any atom is -0.447 e. The van der Waals surface area contributed by atoms with Gasteiger partial charge < -0.3 is 10.1 Å². The Labute approximate surface area is 213 Å². The number of anilines is 1. The maximum absolute atomic E-state index is 13.1. The predicted molar refractivity (Wildman–Crippen MR) is 136 cm³/mol. The van der Waals surface area contributed by atoms with Crippen LogP contribution in [0.1, 0.15) is 30.1 Å². The largest absolute Gasteiger partial charge is 0.447 e. The van der Waals surface area contributed by atoms with E-state index >= 15 is 0 Å². The van der Waals surface area contributed by atoms with Gasteiger partial charge in [0.05, 0.1) is 5.92 Å². The summed E-state index contributed by atoms with van der Waals surface area (Å²) < 4.78 is 32.9. The highest BCUT2D eigenvalue weighted by Crippen LogP contribution is 2.29. The smallest absolute Gasteiger partial charge is 0.310 e. The molecule has 0 radical (unpaired) electrons. The van der Waals surface area contributed by atoms with Crippen molar-refractivity contribution in [3.05, 3.63) is 82.2 Å². The van der Waals surface area contributed by atoms with E-state index in [0.29, 0.717) is 29.1 Å². The molecule has 2 heterocycles. The number of aryl methyl sites for hydroxylation is 1. The molecule has 1 N–H and O–H groups in total. The van der Waals surface area contributed by atoms with Gasteiger partial charge in [-0.1, -0.05) is 54.1 Å². The van der Waals surface area contributed by atoms with Gasteiger partial charge >= 0.3 is 5.97 Å². The first kappa shape index (κ1) is 25.4. The zero-order chi connectivity index (χ0) is 25.0. The number of hydrogen-bond acceptors (Lipinski definition) is 6. The normalized spacial score (nSPS) is 15.9. The molecule has 0 unspecified atom stereocenters. The number of nitrogens with zero attached hydrogens (tertiary/aromatic N) is 1. The molecule has 0 saturated carbocycles. The van der Waals surface area contributed by atoms with Crippen molar-refractivity contribution in [2.24, 2.45) is 5.92 Å². The summed E-state index contributed by atoms with van der Waals surface area (Å²) in [6, 6.07) is 17.2. The van der Waals surface area contributed by atoms with E-state index in [0.717, 1.165) is 5.56 Å². The van der Waals surface area contributed by atoms with Crippen LogP contribution in [0.4, 0.5) is 5.69 Å². The molecule has 0 aliphatic carbocycles. The van der Waals surface area contributed by atoms with E-state index < -0.39 is 33.9 Å². The second-order valence-electron chi connectivity index (χ2n) is 8.29. The molecule has 184 valence electrons. The molecule has 1 atom stereocenters. The molecule has 4 rings (SSSR count). The maximum Gasteiger partial charge on any atom is 0.310 e. The second kappa shape index (κ2) is 10.9. The van der Waals surface area contributed by atoms with Gasteiger partial charge in [-0.3, -0.25) is 9.59 Å². The first-order valence-corrected chi connectivity index (χ1v) is 13.8. The van der Waals surface area contributed by atoms with Crippen LogP contribution in [-0.4, -0.2) is 37.7 Å². The summed E-state index contributed by atoms with van der Waals surface area (Å²) >= 11 is 7.34. The van der Waals surface area contributed by atoms with E-state index in [1.165, 1.54) is 15.6 Å². The Hall–Kier alpha value is -2.72. The minimum atomic E-state index is -3.56. The lowest BCUT2D eigenvalue weighted by molar-refractivity contribution is -0.160. The Kier molecular flexibility index (Phi) is 7.91. The van der Waals surface area contributed by atoms with Crippen molar-refractivity contribution in [1.29, 1.82) is 0 Å². The number of amides is 1. The number of rotatable bonds is 7. The molecule has 1 aromatic heterocycles. The van der Waals surface area contributed by atoms with E-state index in [4.69, 9.17) is 16.3 Å². The molecule has 1 aliphatic heterocycles. The number of hydrogen-bond donors (Lipinski definition) is 1. The molecule has 1 fully saturated rings. The van der Waals surface area contributed by atoms with Crippen LogP contribution in [0.15, 0.2) is 70.3 Å². The highest BCUT2D eigenvalue weighted by Gasteiger charge is 2.35. The van der Waals surface area contributed by atoms with Crippen molar-refractivity contribution in [1.82, 2.24) is 4.31 Å². The zero-order valence-corrected chi connectivity index (χ0v) is 21.4. The summed E-state index contributed by atoms with van der Waals surface area (Å²) in [5.74, 6) is -1.52. The van der Waals surface area contributed by atoms with Gasteiger partial charge in [0, 0.05) is 29.4 Å². The van der Waals surface area contributed by atoms with E-state index in [-0.39, 0.29) is 17.3 Å². The Morgan fingerprint density at radius 3 is 2.43 bits per heavy atom. The number of carbonyl (C=O) groups is 2. The average molecular weight is 533 g/mol. The zero-order valence-electron chi connectivity index (χ0n) is 19.0. The van der Waals surface area contributed by atoms with Crippen LogP contribution in [0.25, 0.3) is 0 Å². The Morgan fingerprint density at radius 2 is 1.80 bits per heavy atom. The van der Waals surface area contributed by atoms with Crippen LogP contribution in [0, 0.1) is 12.8 Å². The third-order valence-electron chi connectivity index (χ3n) is 5.89. The molecular weight excluding hydrogens is 508 g/mol. The average Bonchev–Trinajstić information content (AvgIpc) is 3.41. The summed E-state index contributed by atoms with van der Waals surface area (Å²) in [6.45, 7) is 2.29. The van der Waals surface area contributed by atoms with Crippen LogP contribution >= 0.6 is 22.9 Å². The maximum atomic E-state index is 13.1. The molecule has 3 aromatic rings. The molecular formula is C25H25ClN2O5S2. The fourth-order valence-corrected chi connectivity index (χ4v) is 6.66. The summed E-state index contributed by atoms with van der Waals surface area (Å²) in [5.41, 5.74) is 1.91. The summed E-state index contributed by atoms with van der Waals surface area (Å²) in [4.78, 5) is 26.2. The number of nitrogens with one attached hydrogen (secondary N) is 1. The van der Waals surface area contributed by atoms with Gasteiger partial charge in [-0.2, -0.15) is 4.31 Å². The van der Waals surface area contributed by atoms with Crippen molar-refractivity contribution in [2.45, 2.75) is 30.1 Å². The van der Waals surface area contributed by atoms with Gasteiger partial charge in [-0.05, 0) is 48.9 Å². The van der Waals surface area contributed by atoms with Crippen molar-refractivity contribution in [2.75, 3.05) is 18.4 Å². The quantitative estimate of drug-likeness (QED) is 0.431. The van der Waals surface area contributed by atoms with Crippen LogP contribution in [-0.2, 0) is 24.3 Å². The highest BCUT2D eigenvalue weighted by atomic mass is 35.5. The number of esters is 1. The van der Waals surface area contributed by atoms with E-state index in [1.807, 2.05) is 13.0 Å². The topological polar surface area (TPSA) is 92.8 Å². The summed E-state index contributed by atoms with van der Waals surface area (Å²) in [7, 11) is -3.56. The van der Waals surface area contributed by atoms with Crippen molar-refractivity contribution < 1.29 is 22.7 Å². The molecule has 1 aliphatic rings. The van der Waals surface area contributed by atoms with Crippen LogP contribution in [0.3, 0.4) is 0 Å². The lowest BCUT2D eigenvalue weighted by atomic mass is 9.98. The molecule has 7 nitrogen and oxygen atoms in total. The Bertz CT molecular complexity index is 1290. The molecule has 10 heteroatoms. The van der Waals surface area contributed by atoms with Crippen LogP contribution in [0.5, 0.6) is 0 Å². The van der Waals surface area contributed by atoms with E-state index in [2.05, 4.69) is 5.32 Å². The number of halogens is 1. The number of ether oxygens (including phenoxy) is 1. The van der Waals surface area contributed by atoms with Gasteiger partial charge in [-0.15, -0.1) is 11.3 Å². The number of piperidine rings is 1. The van der Waals surface area contributed by atoms with E-state index in [9.17, 15) is 18.0 Å². The fraction of sp³-hybridized carbons (Fsp3) is 0.280. The van der Waals surface area contributed by atoms with Gasteiger partial charge in [0.25, 0.3) is 15.9 Å². The van der Waals surface area contributed by atoms with Crippen LogP contribution < -0.4 is 5.32 Å². The Balaban J connectivity index is 1.44. The van der Waals surface area contributed by atoms with Gasteiger partial charge in [0.2, 0.25) is 6.10 Å². The van der Waals surface area contributed by atoms with Gasteiger partial charge in [-0.25, -0.2) is 8.42 Å². The van der Waals surface area contributed by atoms with Crippen molar-refractivity contribution in [3.8, 4) is 0 Å². The monoisotopic (exact) mass is 532 g/mol. The van der Waals surface area contributed by atoms with E-state index in [1.54, 1.807) is 60.0 Å². The van der Waals surface area contributed by atoms with Crippen molar-refractivity contribution in [3.63, 3.8) is 0 Å². The number of thiophene rings is 1. The fourth-order valence-electron chi connectivity index (χ4n) is 3.86. The Morgan fingerprint density at radius 1 is 1.09 bits per heavy atom. The minimum absolute atomic E-state index is 0.212. The highest BCUT2D eigenvalue weighted by molar-refractivity contribution is 7.91. The summed E-state index contributed by atoms with van der Waals surface area (Å²) in [6.07, 6.45) is -0.517. The van der Waals surface area contributed by atoms with Gasteiger partial charge in [0.15, 0.2) is 0 Å². The first-order chi connectivity index (χ1) is 16.8. The second-order valence-corrected chi connectivity index (χ2v) is 11.8. The molecule has 0 bridgehead atoms. The van der Waals surface area contributed by atoms with Gasteiger partial charge in [0.1, 0.15) is 4.21 Å². The predicted octanol–water partition coefficient (Wildman–Crippen LogP) is 5.03. The first-order valence-electron chi connectivity index (χ1n) is 11.1. The third-order valence-corrected chi connectivity index (χ3v) is 9.57. The lowest BCUT2D eigenvalue weighted by Gasteiger charge is -2.30. The number of carbonyl (C=O) groups excluding carboxylic acids is 2. The lowest BCUT2D eigenvalue weighted by Crippen LogP contribution is -2.41. The molecule has 1 saturated heterocycles. The number of benzene rings is 2. The summed E-state index contributed by atoms with van der Waals surface area (Å²) in [5, 5.41) is 5.01. The SMILES string of the molecule is Cc1ccc(NC(=O)[C@@H](OC(=O)C2CCN(S(=O)(=O)c3cccs3)CC2)c2ccccc2)cc1Cl. The molecule has 35 heavy (non-hydrogen) atoms.